The Bertz CT molecular complexity index is 684. The second-order valence-electron chi connectivity index (χ2n) is 6.25. The van der Waals surface area contributed by atoms with E-state index in [0.717, 1.165) is 0 Å². The summed E-state index contributed by atoms with van der Waals surface area (Å²) in [5, 5.41) is 11.6. The topological polar surface area (TPSA) is 95.9 Å². The van der Waals surface area contributed by atoms with Crippen LogP contribution in [-0.2, 0) is 14.4 Å². The molecule has 0 saturated carbocycles. The van der Waals surface area contributed by atoms with Crippen LogP contribution in [0.15, 0.2) is 30.3 Å². The minimum absolute atomic E-state index is 0. The van der Waals surface area contributed by atoms with Crippen LogP contribution in [0.1, 0.15) is 13.8 Å². The van der Waals surface area contributed by atoms with Gasteiger partial charge in [-0.1, -0.05) is 18.2 Å². The van der Waals surface area contributed by atoms with Crippen molar-refractivity contribution in [2.24, 2.45) is 0 Å². The average molecular weight is 373 g/mol. The van der Waals surface area contributed by atoms with Gasteiger partial charge in [-0.15, -0.1) is 11.8 Å². The van der Waals surface area contributed by atoms with Gasteiger partial charge in [0.1, 0.15) is 23.2 Å². The number of fused-ring (bicyclic) bond motifs is 1. The van der Waals surface area contributed by atoms with Crippen molar-refractivity contribution < 1.29 is 53.8 Å². The number of hydrogen-bond donors (Lipinski definition) is 2. The number of carbonyl (C=O) groups excluding carboxylic acids is 2. The fraction of sp³-hybridized carbons (Fsp3) is 0.438. The summed E-state index contributed by atoms with van der Waals surface area (Å²) in [5.74, 6) is -1.23. The van der Waals surface area contributed by atoms with Crippen molar-refractivity contribution in [2.45, 2.75) is 36.1 Å². The van der Waals surface area contributed by atoms with Crippen molar-refractivity contribution in [3.8, 4) is 5.75 Å². The molecule has 2 aliphatic heterocycles. The van der Waals surface area contributed by atoms with Crippen LogP contribution in [0.4, 0.5) is 0 Å². The molecule has 7 nitrogen and oxygen atoms in total. The molecule has 2 heterocycles. The molecule has 2 N–H and O–H groups in total. The molecular weight excluding hydrogens is 355 g/mol. The van der Waals surface area contributed by atoms with Crippen LogP contribution >= 0.6 is 11.8 Å². The van der Waals surface area contributed by atoms with Crippen molar-refractivity contribution >= 4 is 29.5 Å². The smallest absolute Gasteiger partial charge is 0.484 e. The Morgan fingerprint density at radius 2 is 1.96 bits per heavy atom. The third kappa shape index (κ3) is 3.81. The number of carboxylic acid groups (broad SMARTS) is 1. The van der Waals surface area contributed by atoms with Crippen molar-refractivity contribution in [3.63, 3.8) is 0 Å². The first-order valence-corrected chi connectivity index (χ1v) is 8.39. The number of rotatable bonds is 5. The Balaban J connectivity index is 0.00000225. The SMILES string of the molecule is CC1(C)S[C@@H]2[C@H](NC(=O)COc3ccccc3)C(=O)N2[C@H]1C(=O)O.[Na+]. The van der Waals surface area contributed by atoms with E-state index >= 15 is 0 Å². The molecule has 25 heavy (non-hydrogen) atoms. The Kier molecular flexibility index (Phi) is 6.09. The zero-order valence-corrected chi connectivity index (χ0v) is 17.1. The van der Waals surface area contributed by atoms with E-state index in [1.54, 1.807) is 38.1 Å². The van der Waals surface area contributed by atoms with Crippen LogP contribution < -0.4 is 39.6 Å². The van der Waals surface area contributed by atoms with Crippen molar-refractivity contribution in [3.05, 3.63) is 30.3 Å². The fourth-order valence-electron chi connectivity index (χ4n) is 3.03. The predicted octanol–water partition coefficient (Wildman–Crippen LogP) is -2.30. The van der Waals surface area contributed by atoms with E-state index in [0.29, 0.717) is 5.75 Å². The van der Waals surface area contributed by atoms with Gasteiger partial charge in [-0.3, -0.25) is 9.59 Å². The largest absolute Gasteiger partial charge is 1.00 e. The van der Waals surface area contributed by atoms with Crippen LogP contribution in [-0.4, -0.2) is 56.6 Å². The normalized spacial score (nSPS) is 26.1. The van der Waals surface area contributed by atoms with Crippen LogP contribution in [0, 0.1) is 0 Å². The van der Waals surface area contributed by atoms with Crippen molar-refractivity contribution in [1.82, 2.24) is 10.2 Å². The van der Waals surface area contributed by atoms with Gasteiger partial charge in [0.25, 0.3) is 5.91 Å². The number of nitrogens with one attached hydrogen (secondary N) is 1. The first kappa shape index (κ1) is 20.1. The molecule has 9 heteroatoms. The Morgan fingerprint density at radius 1 is 1.32 bits per heavy atom. The third-order valence-electron chi connectivity index (χ3n) is 4.10. The van der Waals surface area contributed by atoms with E-state index in [1.807, 2.05) is 6.07 Å². The van der Waals surface area contributed by atoms with Gasteiger partial charge in [0.05, 0.1) is 0 Å². The molecule has 3 rings (SSSR count). The van der Waals surface area contributed by atoms with Gasteiger partial charge in [-0.25, -0.2) is 4.79 Å². The molecule has 1 aromatic rings. The maximum absolute atomic E-state index is 12.2. The van der Waals surface area contributed by atoms with Crippen LogP contribution in [0.2, 0.25) is 0 Å². The summed E-state index contributed by atoms with van der Waals surface area (Å²) in [5.41, 5.74) is 0. The van der Waals surface area contributed by atoms with Crippen LogP contribution in [0.5, 0.6) is 5.75 Å². The summed E-state index contributed by atoms with van der Waals surface area (Å²) in [6.07, 6.45) is 0. The van der Waals surface area contributed by atoms with E-state index in [-0.39, 0.29) is 47.4 Å². The second-order valence-corrected chi connectivity index (χ2v) is 8.02. The standard InChI is InChI=1S/C16H18N2O5S.Na/c1-16(2)12(15(21)22)18-13(20)11(14(18)24-16)17-10(19)8-23-9-6-4-3-5-7-9;/h3-7,11-12,14H,8H2,1-2H3,(H,17,19)(H,21,22);/q;+1/t11-,12+,14-;/m1./s1. The van der Waals surface area contributed by atoms with Gasteiger partial charge in [0.15, 0.2) is 6.61 Å². The number of aliphatic carboxylic acids is 1. The van der Waals surface area contributed by atoms with Crippen molar-refractivity contribution in [2.75, 3.05) is 6.61 Å². The molecule has 0 radical (unpaired) electrons. The zero-order chi connectivity index (χ0) is 17.5. The van der Waals surface area contributed by atoms with Crippen molar-refractivity contribution in [1.29, 1.82) is 0 Å². The first-order valence-electron chi connectivity index (χ1n) is 7.51. The van der Waals surface area contributed by atoms with Crippen LogP contribution in [0.3, 0.4) is 0 Å². The molecule has 0 spiro atoms. The van der Waals surface area contributed by atoms with Gasteiger partial charge in [0, 0.05) is 4.75 Å². The number of carboxylic acids is 1. The molecule has 2 saturated heterocycles. The molecular formula is C16H18N2NaO5S+. The van der Waals surface area contributed by atoms with Gasteiger partial charge >= 0.3 is 35.5 Å². The maximum atomic E-state index is 12.2. The van der Waals surface area contributed by atoms with E-state index in [4.69, 9.17) is 4.74 Å². The average Bonchev–Trinajstić information content (AvgIpc) is 2.80. The number of hydrogen-bond acceptors (Lipinski definition) is 5. The minimum atomic E-state index is -1.03. The minimum Gasteiger partial charge on any atom is -0.484 e. The van der Waals surface area contributed by atoms with Gasteiger partial charge < -0.3 is 20.1 Å². The fourth-order valence-corrected chi connectivity index (χ4v) is 4.65. The molecule has 2 aliphatic rings. The second kappa shape index (κ2) is 7.57. The summed E-state index contributed by atoms with van der Waals surface area (Å²) in [7, 11) is 0. The molecule has 2 fully saturated rings. The van der Waals surface area contributed by atoms with E-state index < -0.39 is 28.7 Å². The zero-order valence-electron chi connectivity index (χ0n) is 14.3. The summed E-state index contributed by atoms with van der Waals surface area (Å²) in [6, 6.07) is 7.31. The van der Waals surface area contributed by atoms with E-state index in [2.05, 4.69) is 5.32 Å². The molecule has 3 atom stereocenters. The Hall–Kier alpha value is -1.22. The molecule has 0 unspecified atom stereocenters. The number of carbonyl (C=O) groups is 3. The number of thioether (sulfide) groups is 1. The molecule has 2 amide bonds. The molecule has 128 valence electrons. The molecule has 1 aromatic carbocycles. The van der Waals surface area contributed by atoms with E-state index in [9.17, 15) is 19.5 Å². The van der Waals surface area contributed by atoms with Gasteiger partial charge in [-0.05, 0) is 26.0 Å². The van der Waals surface area contributed by atoms with Gasteiger partial charge in [-0.2, -0.15) is 0 Å². The predicted molar refractivity (Wildman–Crippen MR) is 87.6 cm³/mol. The summed E-state index contributed by atoms with van der Waals surface area (Å²) in [4.78, 5) is 37.0. The first-order chi connectivity index (χ1) is 11.3. The quantitative estimate of drug-likeness (QED) is 0.445. The maximum Gasteiger partial charge on any atom is 1.00 e. The van der Waals surface area contributed by atoms with Crippen LogP contribution in [0.25, 0.3) is 0 Å². The van der Waals surface area contributed by atoms with Gasteiger partial charge in [0.2, 0.25) is 5.91 Å². The summed E-state index contributed by atoms with van der Waals surface area (Å²) < 4.78 is 4.74. The Labute approximate surface area is 171 Å². The molecule has 0 bridgehead atoms. The number of nitrogens with zero attached hydrogens (tertiary/aromatic N) is 1. The molecule has 0 aromatic heterocycles. The summed E-state index contributed by atoms with van der Waals surface area (Å²) >= 11 is 1.39. The van der Waals surface area contributed by atoms with E-state index in [1.165, 1.54) is 16.7 Å². The Morgan fingerprint density at radius 3 is 2.56 bits per heavy atom. The number of β-lactam (4-membered cyclic amide) rings is 1. The summed E-state index contributed by atoms with van der Waals surface area (Å²) in [6.45, 7) is 3.38. The third-order valence-corrected chi connectivity index (χ3v) is 5.68. The monoisotopic (exact) mass is 373 g/mol. The number of para-hydroxylation sites is 1. The molecule has 0 aliphatic carbocycles. The number of ether oxygens (including phenoxy) is 1. The number of benzene rings is 1. The number of amides is 2.